The number of allylic oxidation sites excluding steroid dienone is 4. The van der Waals surface area contributed by atoms with Gasteiger partial charge in [-0.15, -0.1) is 0 Å². The molecule has 0 amide bonds. The van der Waals surface area contributed by atoms with Crippen molar-refractivity contribution in [2.45, 2.75) is 27.7 Å². The van der Waals surface area contributed by atoms with Crippen molar-refractivity contribution in [1.82, 2.24) is 0 Å². The van der Waals surface area contributed by atoms with Gasteiger partial charge in [0.15, 0.2) is 11.6 Å². The standard InChI is InChI=1S/2C5H8O2.Sn/c2*1-4(6)3-5(2)7;/h2*3,6H,1-2H3;/b2*4-3-;. The summed E-state index contributed by atoms with van der Waals surface area (Å²) in [5.74, 6) is -0.125. The van der Waals surface area contributed by atoms with Gasteiger partial charge in [-0.05, 0) is 27.7 Å². The average molecular weight is 319 g/mol. The Balaban J connectivity index is -0.000000180. The van der Waals surface area contributed by atoms with E-state index >= 15 is 0 Å². The second-order valence-corrected chi connectivity index (χ2v) is 2.79. The molecule has 4 nitrogen and oxygen atoms in total. The van der Waals surface area contributed by atoms with Crippen LogP contribution in [0, 0.1) is 0 Å². The van der Waals surface area contributed by atoms with Gasteiger partial charge in [0.1, 0.15) is 0 Å². The van der Waals surface area contributed by atoms with Gasteiger partial charge in [-0.3, -0.25) is 9.59 Å². The maximum Gasteiger partial charge on any atom is 0.155 e. The van der Waals surface area contributed by atoms with Crippen molar-refractivity contribution in [2.24, 2.45) is 0 Å². The van der Waals surface area contributed by atoms with Crippen LogP contribution in [0.2, 0.25) is 0 Å². The molecule has 0 fully saturated rings. The number of aliphatic hydroxyl groups is 2. The number of hydrogen-bond donors (Lipinski definition) is 2. The fourth-order valence-electron chi connectivity index (χ4n) is 0.588. The molecular formula is C10H16O4Sn. The van der Waals surface area contributed by atoms with E-state index in [1.165, 1.54) is 39.8 Å². The van der Waals surface area contributed by atoms with E-state index in [2.05, 4.69) is 0 Å². The van der Waals surface area contributed by atoms with Gasteiger partial charge in [-0.1, -0.05) is 0 Å². The third kappa shape index (κ3) is 31.9. The molecule has 0 saturated carbocycles. The third-order valence-electron chi connectivity index (χ3n) is 0.824. The molecule has 0 aliphatic heterocycles. The van der Waals surface area contributed by atoms with Gasteiger partial charge >= 0.3 is 0 Å². The van der Waals surface area contributed by atoms with E-state index in [0.29, 0.717) is 0 Å². The molecule has 84 valence electrons. The summed E-state index contributed by atoms with van der Waals surface area (Å²) in [6, 6.07) is 0. The Bertz CT molecular complexity index is 231. The summed E-state index contributed by atoms with van der Waals surface area (Å²) in [5.41, 5.74) is 0. The van der Waals surface area contributed by atoms with Crippen LogP contribution in [0.4, 0.5) is 0 Å². The van der Waals surface area contributed by atoms with Crippen molar-refractivity contribution in [3.63, 3.8) is 0 Å². The molecule has 15 heavy (non-hydrogen) atoms. The van der Waals surface area contributed by atoms with E-state index in [4.69, 9.17) is 10.2 Å². The van der Waals surface area contributed by atoms with E-state index in [-0.39, 0.29) is 47.0 Å². The van der Waals surface area contributed by atoms with Crippen LogP contribution in [0.1, 0.15) is 27.7 Å². The Morgan fingerprint density at radius 3 is 1.00 bits per heavy atom. The first kappa shape index (κ1) is 19.7. The number of carbonyl (C=O) groups excluding carboxylic acids is 2. The van der Waals surface area contributed by atoms with Crippen LogP contribution in [-0.4, -0.2) is 45.7 Å². The first-order valence-electron chi connectivity index (χ1n) is 4.01. The van der Waals surface area contributed by atoms with E-state index in [1.807, 2.05) is 0 Å². The van der Waals surface area contributed by atoms with Gasteiger partial charge in [0.2, 0.25) is 0 Å². The maximum absolute atomic E-state index is 10.0. The van der Waals surface area contributed by atoms with Crippen molar-refractivity contribution in [1.29, 1.82) is 0 Å². The Labute approximate surface area is 107 Å². The molecular weight excluding hydrogens is 303 g/mol. The smallest absolute Gasteiger partial charge is 0.155 e. The minimum absolute atomic E-state index is 0. The fraction of sp³-hybridized carbons (Fsp3) is 0.400. The van der Waals surface area contributed by atoms with Gasteiger partial charge in [-0.25, -0.2) is 0 Å². The first-order valence-corrected chi connectivity index (χ1v) is 4.01. The number of ketones is 2. The summed E-state index contributed by atoms with van der Waals surface area (Å²) in [7, 11) is 0. The maximum atomic E-state index is 10.0. The SMILES string of the molecule is CC(=O)/C=C(/C)O.CC(=O)/C=C(/C)O.[Sn]. The molecule has 0 unspecified atom stereocenters. The largest absolute Gasteiger partial charge is 0.512 e. The van der Waals surface area contributed by atoms with E-state index in [9.17, 15) is 9.59 Å². The molecule has 0 aromatic rings. The zero-order chi connectivity index (χ0) is 11.7. The number of aliphatic hydroxyl groups excluding tert-OH is 2. The van der Waals surface area contributed by atoms with Gasteiger partial charge in [-0.2, -0.15) is 0 Å². The van der Waals surface area contributed by atoms with Gasteiger partial charge in [0, 0.05) is 36.1 Å². The predicted octanol–water partition coefficient (Wildman–Crippen LogP) is 1.69. The molecule has 5 heteroatoms. The molecule has 0 atom stereocenters. The molecule has 0 heterocycles. The summed E-state index contributed by atoms with van der Waals surface area (Å²) in [6.07, 6.45) is 2.33. The normalized spacial score (nSPS) is 10.7. The Hall–Kier alpha value is -0.781. The molecule has 0 saturated heterocycles. The molecule has 0 aliphatic rings. The predicted molar refractivity (Wildman–Crippen MR) is 59.9 cm³/mol. The molecule has 2 N–H and O–H groups in total. The molecule has 0 bridgehead atoms. The molecule has 0 spiro atoms. The summed E-state index contributed by atoms with van der Waals surface area (Å²) in [4.78, 5) is 20.0. The zero-order valence-electron chi connectivity index (χ0n) is 9.37. The number of rotatable bonds is 2. The van der Waals surface area contributed by atoms with Crippen LogP contribution in [-0.2, 0) is 9.59 Å². The van der Waals surface area contributed by atoms with Crippen LogP contribution in [0.5, 0.6) is 0 Å². The number of hydrogen-bond acceptors (Lipinski definition) is 4. The van der Waals surface area contributed by atoms with Crippen LogP contribution in [0.15, 0.2) is 23.7 Å². The monoisotopic (exact) mass is 320 g/mol. The Kier molecular flexibility index (Phi) is 14.9. The Morgan fingerprint density at radius 1 is 0.800 bits per heavy atom. The summed E-state index contributed by atoms with van der Waals surface area (Å²) < 4.78 is 0. The van der Waals surface area contributed by atoms with Crippen molar-refractivity contribution < 1.29 is 19.8 Å². The second kappa shape index (κ2) is 11.3. The minimum Gasteiger partial charge on any atom is -0.512 e. The van der Waals surface area contributed by atoms with Crippen LogP contribution in [0.3, 0.4) is 0 Å². The third-order valence-corrected chi connectivity index (χ3v) is 0.824. The summed E-state index contributed by atoms with van der Waals surface area (Å²) in [5, 5.41) is 16.7. The zero-order valence-corrected chi connectivity index (χ0v) is 12.2. The molecule has 4 radical (unpaired) electrons. The van der Waals surface area contributed by atoms with Crippen molar-refractivity contribution in [3.8, 4) is 0 Å². The topological polar surface area (TPSA) is 74.6 Å². The van der Waals surface area contributed by atoms with Crippen molar-refractivity contribution >= 4 is 35.5 Å². The molecule has 0 aromatic carbocycles. The Morgan fingerprint density at radius 2 is 1.00 bits per heavy atom. The quantitative estimate of drug-likeness (QED) is 0.461. The van der Waals surface area contributed by atoms with Gasteiger partial charge < -0.3 is 10.2 Å². The fourth-order valence-corrected chi connectivity index (χ4v) is 0.588. The van der Waals surface area contributed by atoms with Gasteiger partial charge in [0.05, 0.1) is 11.5 Å². The van der Waals surface area contributed by atoms with E-state index in [1.54, 1.807) is 0 Å². The van der Waals surface area contributed by atoms with Crippen LogP contribution in [0.25, 0.3) is 0 Å². The molecule has 0 aliphatic carbocycles. The molecule has 0 aromatic heterocycles. The summed E-state index contributed by atoms with van der Waals surface area (Å²) in [6.45, 7) is 5.70. The molecule has 0 rings (SSSR count). The minimum atomic E-state index is -0.125. The van der Waals surface area contributed by atoms with Crippen molar-refractivity contribution in [2.75, 3.05) is 0 Å². The average Bonchev–Trinajstić information content (AvgIpc) is 1.79. The number of carbonyl (C=O) groups is 2. The second-order valence-electron chi connectivity index (χ2n) is 2.79. The van der Waals surface area contributed by atoms with Crippen LogP contribution >= 0.6 is 0 Å². The van der Waals surface area contributed by atoms with Gasteiger partial charge in [0.25, 0.3) is 0 Å². The summed E-state index contributed by atoms with van der Waals surface area (Å²) >= 11 is 0. The van der Waals surface area contributed by atoms with Crippen LogP contribution < -0.4 is 0 Å². The van der Waals surface area contributed by atoms with Crippen molar-refractivity contribution in [3.05, 3.63) is 23.7 Å². The first-order chi connectivity index (χ1) is 6.25. The van der Waals surface area contributed by atoms with E-state index in [0.717, 1.165) is 0 Å². The van der Waals surface area contributed by atoms with E-state index < -0.39 is 0 Å².